The third kappa shape index (κ3) is 3.40. The first-order valence-corrected chi connectivity index (χ1v) is 9.37. The van der Waals surface area contributed by atoms with Crippen LogP contribution in [0.15, 0.2) is 48.5 Å². The minimum Gasteiger partial charge on any atom is -0.348 e. The van der Waals surface area contributed by atoms with E-state index in [1.807, 2.05) is 32.0 Å². The summed E-state index contributed by atoms with van der Waals surface area (Å²) < 4.78 is 0. The standard InChI is InChI=1S/C21H22N4S/c1-14-15(2)23-20-12-18(8-9-19(20)22-14)24-21(26)25-11-10-17(13-25)16-6-4-3-5-7-16/h3-9,12,17H,10-11,13H2,1-2H3,(H,24,26)/t17-/m0/s1. The molecule has 1 aromatic heterocycles. The topological polar surface area (TPSA) is 41.1 Å². The third-order valence-corrected chi connectivity index (χ3v) is 5.43. The molecule has 0 bridgehead atoms. The molecule has 0 amide bonds. The van der Waals surface area contributed by atoms with Crippen molar-refractivity contribution >= 4 is 34.1 Å². The van der Waals surface area contributed by atoms with Crippen molar-refractivity contribution in [2.75, 3.05) is 18.4 Å². The van der Waals surface area contributed by atoms with Crippen molar-refractivity contribution < 1.29 is 0 Å². The van der Waals surface area contributed by atoms with Gasteiger partial charge < -0.3 is 10.2 Å². The van der Waals surface area contributed by atoms with Gasteiger partial charge in [-0.15, -0.1) is 0 Å². The van der Waals surface area contributed by atoms with Gasteiger partial charge in [-0.2, -0.15) is 0 Å². The fraction of sp³-hybridized carbons (Fsp3) is 0.286. The number of benzene rings is 2. The highest BCUT2D eigenvalue weighted by Crippen LogP contribution is 2.27. The molecule has 2 heterocycles. The molecule has 0 unspecified atom stereocenters. The fourth-order valence-corrected chi connectivity index (χ4v) is 3.74. The maximum Gasteiger partial charge on any atom is 0.173 e. The lowest BCUT2D eigenvalue weighted by atomic mass is 9.99. The van der Waals surface area contributed by atoms with Crippen LogP contribution in [0.3, 0.4) is 0 Å². The number of aryl methyl sites for hydroxylation is 2. The lowest BCUT2D eigenvalue weighted by molar-refractivity contribution is 0.518. The lowest BCUT2D eigenvalue weighted by Gasteiger charge is -2.21. The maximum absolute atomic E-state index is 5.65. The zero-order valence-corrected chi connectivity index (χ0v) is 15.9. The number of hydrogen-bond donors (Lipinski definition) is 1. The van der Waals surface area contributed by atoms with Crippen LogP contribution in [-0.4, -0.2) is 33.1 Å². The Kier molecular flexibility index (Phi) is 4.55. The van der Waals surface area contributed by atoms with Gasteiger partial charge >= 0.3 is 0 Å². The Balaban J connectivity index is 1.46. The molecule has 0 radical (unpaired) electrons. The van der Waals surface area contributed by atoms with Crippen molar-refractivity contribution in [2.45, 2.75) is 26.2 Å². The van der Waals surface area contributed by atoms with Crippen molar-refractivity contribution in [3.05, 3.63) is 65.5 Å². The van der Waals surface area contributed by atoms with Crippen LogP contribution >= 0.6 is 12.2 Å². The summed E-state index contributed by atoms with van der Waals surface area (Å²) in [5, 5.41) is 4.15. The number of nitrogens with one attached hydrogen (secondary N) is 1. The van der Waals surface area contributed by atoms with E-state index in [-0.39, 0.29) is 0 Å². The number of thiocarbonyl (C=S) groups is 1. The molecule has 1 saturated heterocycles. The number of rotatable bonds is 2. The molecule has 3 aromatic rings. The van der Waals surface area contributed by atoms with Gasteiger partial charge in [-0.1, -0.05) is 30.3 Å². The molecule has 2 aromatic carbocycles. The normalized spacial score (nSPS) is 16.8. The summed E-state index contributed by atoms with van der Waals surface area (Å²) in [6.45, 7) is 5.92. The van der Waals surface area contributed by atoms with E-state index >= 15 is 0 Å². The average molecular weight is 363 g/mol. The number of nitrogens with zero attached hydrogens (tertiary/aromatic N) is 3. The molecule has 1 atom stereocenters. The van der Waals surface area contributed by atoms with Gasteiger partial charge in [0.1, 0.15) is 0 Å². The number of anilines is 1. The summed E-state index contributed by atoms with van der Waals surface area (Å²) in [7, 11) is 0. The van der Waals surface area contributed by atoms with E-state index in [0.29, 0.717) is 5.92 Å². The average Bonchev–Trinajstić information content (AvgIpc) is 3.14. The maximum atomic E-state index is 5.65. The summed E-state index contributed by atoms with van der Waals surface area (Å²) in [4.78, 5) is 11.5. The number of aromatic nitrogens is 2. The Bertz CT molecular complexity index is 955. The van der Waals surface area contributed by atoms with Crippen LogP contribution in [0, 0.1) is 13.8 Å². The molecule has 132 valence electrons. The van der Waals surface area contributed by atoms with Crippen LogP contribution < -0.4 is 5.32 Å². The third-order valence-electron chi connectivity index (χ3n) is 5.07. The first kappa shape index (κ1) is 16.9. The van der Waals surface area contributed by atoms with Crippen molar-refractivity contribution in [2.24, 2.45) is 0 Å². The van der Waals surface area contributed by atoms with Gasteiger partial charge in [0, 0.05) is 24.7 Å². The van der Waals surface area contributed by atoms with Crippen molar-refractivity contribution in [1.82, 2.24) is 14.9 Å². The van der Waals surface area contributed by atoms with Crippen LogP contribution in [0.4, 0.5) is 5.69 Å². The molecule has 1 N–H and O–H groups in total. The molecule has 26 heavy (non-hydrogen) atoms. The summed E-state index contributed by atoms with van der Waals surface area (Å²) in [6, 6.07) is 16.7. The zero-order valence-electron chi connectivity index (χ0n) is 15.1. The zero-order chi connectivity index (χ0) is 18.1. The van der Waals surface area contributed by atoms with E-state index in [1.54, 1.807) is 0 Å². The molecule has 5 heteroatoms. The second-order valence-corrected chi connectivity index (χ2v) is 7.26. The van der Waals surface area contributed by atoms with Gasteiger partial charge in [0.2, 0.25) is 0 Å². The first-order valence-electron chi connectivity index (χ1n) is 8.96. The van der Waals surface area contributed by atoms with Crippen LogP contribution in [-0.2, 0) is 0 Å². The van der Waals surface area contributed by atoms with Crippen molar-refractivity contribution in [1.29, 1.82) is 0 Å². The van der Waals surface area contributed by atoms with Crippen LogP contribution in [0.25, 0.3) is 11.0 Å². The molecule has 1 fully saturated rings. The minimum absolute atomic E-state index is 0.545. The predicted molar refractivity (Wildman–Crippen MR) is 111 cm³/mol. The summed E-state index contributed by atoms with van der Waals surface area (Å²) >= 11 is 5.65. The summed E-state index contributed by atoms with van der Waals surface area (Å²) in [6.07, 6.45) is 1.13. The number of fused-ring (bicyclic) bond motifs is 1. The Morgan fingerprint density at radius 1 is 1.04 bits per heavy atom. The summed E-state index contributed by atoms with van der Waals surface area (Å²) in [5.74, 6) is 0.545. The Hall–Kier alpha value is -2.53. The molecule has 0 aliphatic carbocycles. The van der Waals surface area contributed by atoms with Crippen LogP contribution in [0.1, 0.15) is 29.3 Å². The second-order valence-electron chi connectivity index (χ2n) is 6.87. The molecule has 1 aliphatic heterocycles. The van der Waals surface area contributed by atoms with E-state index in [2.05, 4.69) is 50.5 Å². The fourth-order valence-electron chi connectivity index (χ4n) is 3.45. The highest BCUT2D eigenvalue weighted by Gasteiger charge is 2.25. The summed E-state index contributed by atoms with van der Waals surface area (Å²) in [5.41, 5.74) is 6.09. The van der Waals surface area contributed by atoms with Gasteiger partial charge in [-0.05, 0) is 56.2 Å². The molecule has 0 spiro atoms. The molecule has 4 nitrogen and oxygen atoms in total. The lowest BCUT2D eigenvalue weighted by Crippen LogP contribution is -2.32. The number of hydrogen-bond acceptors (Lipinski definition) is 3. The van der Waals surface area contributed by atoms with Crippen molar-refractivity contribution in [3.8, 4) is 0 Å². The van der Waals surface area contributed by atoms with Gasteiger partial charge in [0.15, 0.2) is 5.11 Å². The SMILES string of the molecule is Cc1nc2ccc(NC(=S)N3CC[C@H](c4ccccc4)C3)cc2nc1C. The minimum atomic E-state index is 0.545. The highest BCUT2D eigenvalue weighted by atomic mass is 32.1. The van der Waals surface area contributed by atoms with Crippen molar-refractivity contribution in [3.63, 3.8) is 0 Å². The molecule has 1 aliphatic rings. The van der Waals surface area contributed by atoms with E-state index in [0.717, 1.165) is 52.7 Å². The smallest absolute Gasteiger partial charge is 0.173 e. The second kappa shape index (κ2) is 7.00. The predicted octanol–water partition coefficient (Wildman–Crippen LogP) is 4.43. The Morgan fingerprint density at radius 3 is 2.54 bits per heavy atom. The van der Waals surface area contributed by atoms with Gasteiger partial charge in [0.05, 0.1) is 22.4 Å². The van der Waals surface area contributed by atoms with Crippen LogP contribution in [0.5, 0.6) is 0 Å². The first-order chi connectivity index (χ1) is 12.6. The number of likely N-dealkylation sites (tertiary alicyclic amines) is 1. The van der Waals surface area contributed by atoms with E-state index < -0.39 is 0 Å². The quantitative estimate of drug-likeness (QED) is 0.683. The molecular weight excluding hydrogens is 340 g/mol. The van der Waals surface area contributed by atoms with Gasteiger partial charge in [-0.25, -0.2) is 9.97 Å². The van der Waals surface area contributed by atoms with Crippen LogP contribution in [0.2, 0.25) is 0 Å². The van der Waals surface area contributed by atoms with E-state index in [1.165, 1.54) is 5.56 Å². The molecule has 4 rings (SSSR count). The molecule has 0 saturated carbocycles. The van der Waals surface area contributed by atoms with E-state index in [4.69, 9.17) is 12.2 Å². The van der Waals surface area contributed by atoms with Gasteiger partial charge in [-0.3, -0.25) is 0 Å². The molecular formula is C21H22N4S. The Labute approximate surface area is 159 Å². The van der Waals surface area contributed by atoms with E-state index in [9.17, 15) is 0 Å². The largest absolute Gasteiger partial charge is 0.348 e. The highest BCUT2D eigenvalue weighted by molar-refractivity contribution is 7.80. The monoisotopic (exact) mass is 362 g/mol. The Morgan fingerprint density at radius 2 is 1.77 bits per heavy atom. The van der Waals surface area contributed by atoms with Gasteiger partial charge in [0.25, 0.3) is 0 Å².